The molecular weight excluding hydrogens is 212 g/mol. The molecule has 0 spiro atoms. The van der Waals surface area contributed by atoms with Gasteiger partial charge in [0.2, 0.25) is 5.91 Å². The molecule has 0 aliphatic rings. The minimum absolute atomic E-state index is 0.0258. The smallest absolute Gasteiger partial charge is 0.226 e. The highest BCUT2D eigenvalue weighted by Crippen LogP contribution is 2.01. The number of carbonyl (C=O) groups excluding carboxylic acids is 1. The van der Waals surface area contributed by atoms with Crippen molar-refractivity contribution in [2.24, 2.45) is 0 Å². The summed E-state index contributed by atoms with van der Waals surface area (Å²) in [6.45, 7) is 0.499. The Balaban J connectivity index is 1.78. The molecule has 1 amide bonds. The average Bonchev–Trinajstić information content (AvgIpc) is 2.86. The number of amides is 1. The topological polar surface area (TPSA) is 70.7 Å². The SMILES string of the molecule is O=C(Cc1cscn1)NCc1cn[nH]c1. The molecule has 0 aromatic carbocycles. The number of rotatable bonds is 4. The molecule has 15 heavy (non-hydrogen) atoms. The van der Waals surface area contributed by atoms with Gasteiger partial charge in [0.1, 0.15) is 0 Å². The number of H-pyrrole nitrogens is 1. The van der Waals surface area contributed by atoms with E-state index in [4.69, 9.17) is 0 Å². The Morgan fingerprint density at radius 3 is 3.20 bits per heavy atom. The van der Waals surface area contributed by atoms with Crippen molar-refractivity contribution in [3.63, 3.8) is 0 Å². The molecule has 0 bridgehead atoms. The quantitative estimate of drug-likeness (QED) is 0.801. The van der Waals surface area contributed by atoms with Gasteiger partial charge >= 0.3 is 0 Å². The van der Waals surface area contributed by atoms with E-state index in [1.165, 1.54) is 11.3 Å². The van der Waals surface area contributed by atoms with Crippen LogP contribution in [-0.4, -0.2) is 21.1 Å². The zero-order valence-corrected chi connectivity index (χ0v) is 8.75. The van der Waals surface area contributed by atoms with Crippen LogP contribution in [0.1, 0.15) is 11.3 Å². The van der Waals surface area contributed by atoms with Crippen LogP contribution in [0, 0.1) is 0 Å². The van der Waals surface area contributed by atoms with Gasteiger partial charge in [-0.3, -0.25) is 9.89 Å². The summed E-state index contributed by atoms with van der Waals surface area (Å²) in [5.41, 5.74) is 3.49. The maximum Gasteiger partial charge on any atom is 0.226 e. The van der Waals surface area contributed by atoms with Crippen molar-refractivity contribution in [1.29, 1.82) is 0 Å². The third kappa shape index (κ3) is 2.88. The summed E-state index contributed by atoms with van der Waals surface area (Å²) in [5, 5.41) is 11.1. The predicted octanol–water partition coefficient (Wildman–Crippen LogP) is 0.725. The first kappa shape index (κ1) is 9.85. The van der Waals surface area contributed by atoms with Crippen LogP contribution >= 0.6 is 11.3 Å². The molecule has 0 saturated heterocycles. The number of nitrogens with one attached hydrogen (secondary N) is 2. The lowest BCUT2D eigenvalue weighted by Gasteiger charge is -2.00. The van der Waals surface area contributed by atoms with Gasteiger partial charge in [0.25, 0.3) is 0 Å². The molecule has 0 aliphatic carbocycles. The largest absolute Gasteiger partial charge is 0.352 e. The van der Waals surface area contributed by atoms with E-state index in [1.807, 2.05) is 5.38 Å². The summed E-state index contributed by atoms with van der Waals surface area (Å²) in [5.74, 6) is -0.0258. The van der Waals surface area contributed by atoms with Gasteiger partial charge in [-0.2, -0.15) is 5.10 Å². The third-order valence-corrected chi connectivity index (χ3v) is 2.50. The fraction of sp³-hybridized carbons (Fsp3) is 0.222. The zero-order valence-electron chi connectivity index (χ0n) is 7.93. The molecule has 0 saturated carbocycles. The van der Waals surface area contributed by atoms with Crippen LogP contribution in [0.4, 0.5) is 0 Å². The van der Waals surface area contributed by atoms with E-state index in [-0.39, 0.29) is 5.91 Å². The number of hydrogen-bond donors (Lipinski definition) is 2. The Kier molecular flexibility index (Phi) is 3.08. The second-order valence-corrected chi connectivity index (χ2v) is 3.76. The van der Waals surface area contributed by atoms with Crippen LogP contribution in [0.3, 0.4) is 0 Å². The molecule has 5 nitrogen and oxygen atoms in total. The van der Waals surface area contributed by atoms with E-state index in [1.54, 1.807) is 17.9 Å². The van der Waals surface area contributed by atoms with Gasteiger partial charge in [-0.15, -0.1) is 11.3 Å². The lowest BCUT2D eigenvalue weighted by molar-refractivity contribution is -0.120. The van der Waals surface area contributed by atoms with Gasteiger partial charge in [0, 0.05) is 23.7 Å². The first-order valence-corrected chi connectivity index (χ1v) is 5.40. The molecule has 0 radical (unpaired) electrons. The van der Waals surface area contributed by atoms with Gasteiger partial charge in [-0.25, -0.2) is 4.98 Å². The van der Waals surface area contributed by atoms with Gasteiger partial charge in [-0.05, 0) is 0 Å². The van der Waals surface area contributed by atoms with Gasteiger partial charge in [0.15, 0.2) is 0 Å². The molecule has 78 valence electrons. The standard InChI is InChI=1S/C9H10N4OS/c14-9(1-8-5-15-6-11-8)10-2-7-3-12-13-4-7/h3-6H,1-2H2,(H,10,14)(H,12,13). The fourth-order valence-corrected chi connectivity index (χ4v) is 1.69. The first-order chi connectivity index (χ1) is 7.34. The highest BCUT2D eigenvalue weighted by atomic mass is 32.1. The van der Waals surface area contributed by atoms with Crippen molar-refractivity contribution in [1.82, 2.24) is 20.5 Å². The Morgan fingerprint density at radius 1 is 1.60 bits per heavy atom. The van der Waals surface area contributed by atoms with E-state index in [2.05, 4.69) is 20.5 Å². The monoisotopic (exact) mass is 222 g/mol. The third-order valence-electron chi connectivity index (χ3n) is 1.87. The van der Waals surface area contributed by atoms with Gasteiger partial charge < -0.3 is 5.32 Å². The Hall–Kier alpha value is -1.69. The van der Waals surface area contributed by atoms with Crippen LogP contribution in [-0.2, 0) is 17.8 Å². The van der Waals surface area contributed by atoms with Crippen molar-refractivity contribution in [2.75, 3.05) is 0 Å². The molecule has 2 rings (SSSR count). The second kappa shape index (κ2) is 4.70. The molecule has 0 unspecified atom stereocenters. The molecule has 0 atom stereocenters. The van der Waals surface area contributed by atoms with Crippen molar-refractivity contribution in [3.8, 4) is 0 Å². The molecule has 2 heterocycles. The van der Waals surface area contributed by atoms with E-state index in [9.17, 15) is 4.79 Å². The zero-order chi connectivity index (χ0) is 10.5. The van der Waals surface area contributed by atoms with E-state index >= 15 is 0 Å². The molecule has 2 N–H and O–H groups in total. The number of thiazole rings is 1. The average molecular weight is 222 g/mol. The molecule has 0 aliphatic heterocycles. The van der Waals surface area contributed by atoms with Gasteiger partial charge in [0.05, 0.1) is 23.8 Å². The fourth-order valence-electron chi connectivity index (χ4n) is 1.13. The van der Waals surface area contributed by atoms with Crippen molar-refractivity contribution in [3.05, 3.63) is 34.5 Å². The molecular formula is C9H10N4OS. The summed E-state index contributed by atoms with van der Waals surface area (Å²) in [6, 6.07) is 0. The highest BCUT2D eigenvalue weighted by Gasteiger charge is 2.04. The number of nitrogens with zero attached hydrogens (tertiary/aromatic N) is 2. The lowest BCUT2D eigenvalue weighted by atomic mass is 10.3. The first-order valence-electron chi connectivity index (χ1n) is 4.46. The van der Waals surface area contributed by atoms with E-state index in [0.717, 1.165) is 11.3 Å². The van der Waals surface area contributed by atoms with Crippen LogP contribution < -0.4 is 5.32 Å². The molecule has 2 aromatic heterocycles. The number of aromatic amines is 1. The summed E-state index contributed by atoms with van der Waals surface area (Å²) in [4.78, 5) is 15.5. The minimum Gasteiger partial charge on any atom is -0.352 e. The summed E-state index contributed by atoms with van der Waals surface area (Å²) in [7, 11) is 0. The summed E-state index contributed by atoms with van der Waals surface area (Å²) in [6.07, 6.45) is 3.77. The number of hydrogen-bond acceptors (Lipinski definition) is 4. The van der Waals surface area contributed by atoms with Crippen LogP contribution in [0.5, 0.6) is 0 Å². The summed E-state index contributed by atoms with van der Waals surface area (Å²) >= 11 is 1.49. The Morgan fingerprint density at radius 2 is 2.53 bits per heavy atom. The second-order valence-electron chi connectivity index (χ2n) is 3.04. The maximum absolute atomic E-state index is 11.4. The van der Waals surface area contributed by atoms with Crippen LogP contribution in [0.25, 0.3) is 0 Å². The van der Waals surface area contributed by atoms with Crippen molar-refractivity contribution < 1.29 is 4.79 Å². The van der Waals surface area contributed by atoms with Gasteiger partial charge in [-0.1, -0.05) is 0 Å². The molecule has 0 fully saturated rings. The maximum atomic E-state index is 11.4. The minimum atomic E-state index is -0.0258. The van der Waals surface area contributed by atoms with Crippen molar-refractivity contribution in [2.45, 2.75) is 13.0 Å². The Bertz CT molecular complexity index is 409. The van der Waals surface area contributed by atoms with E-state index < -0.39 is 0 Å². The summed E-state index contributed by atoms with van der Waals surface area (Å²) < 4.78 is 0. The van der Waals surface area contributed by atoms with Crippen molar-refractivity contribution >= 4 is 17.2 Å². The highest BCUT2D eigenvalue weighted by molar-refractivity contribution is 7.07. The molecule has 2 aromatic rings. The number of aromatic nitrogens is 3. The lowest BCUT2D eigenvalue weighted by Crippen LogP contribution is -2.24. The number of carbonyl (C=O) groups is 1. The van der Waals surface area contributed by atoms with Crippen LogP contribution in [0.2, 0.25) is 0 Å². The molecule has 6 heteroatoms. The Labute approximate surface area is 90.6 Å². The normalized spacial score (nSPS) is 10.1. The predicted molar refractivity (Wildman–Crippen MR) is 56.3 cm³/mol. The van der Waals surface area contributed by atoms with Crippen LogP contribution in [0.15, 0.2) is 23.3 Å². The van der Waals surface area contributed by atoms with E-state index in [0.29, 0.717) is 13.0 Å².